The number of carboxylic acid groups (broad SMARTS) is 1. The van der Waals surface area contributed by atoms with E-state index in [2.05, 4.69) is 5.32 Å². The Kier molecular flexibility index (Phi) is 7.02. The molecule has 0 amide bonds. The summed E-state index contributed by atoms with van der Waals surface area (Å²) in [7, 11) is 6.18. The summed E-state index contributed by atoms with van der Waals surface area (Å²) in [6.07, 6.45) is -0.664. The van der Waals surface area contributed by atoms with Gasteiger partial charge in [0.1, 0.15) is 22.8 Å². The Balaban J connectivity index is 1.95. The van der Waals surface area contributed by atoms with Crippen molar-refractivity contribution in [2.75, 3.05) is 35.0 Å². The Bertz CT molecular complexity index is 1180. The van der Waals surface area contributed by atoms with Gasteiger partial charge < -0.3 is 28.8 Å². The van der Waals surface area contributed by atoms with Crippen molar-refractivity contribution in [3.63, 3.8) is 0 Å². The van der Waals surface area contributed by atoms with E-state index < -0.39 is 17.6 Å². The van der Waals surface area contributed by atoms with E-state index in [1.165, 1.54) is 14.2 Å². The van der Waals surface area contributed by atoms with Gasteiger partial charge in [-0.1, -0.05) is 30.3 Å². The molecule has 3 aromatic carbocycles. The minimum atomic E-state index is -1.35. The number of hydrogen-bond acceptors (Lipinski definition) is 7. The standard InChI is InChI=1S/C27H29NO7/c1-31-19-13-20(32-2)15-21(14-19)35-25(26(29)30)27(18-8-6-5-7-9-18)22-16-24(34-4)23(33-3)12-17(22)10-11-28-27/h5-9,12-16,25,28H,10-11H2,1-4H3,(H,29,30). The summed E-state index contributed by atoms with van der Waals surface area (Å²) < 4.78 is 28.0. The smallest absolute Gasteiger partial charge is 0.347 e. The van der Waals surface area contributed by atoms with E-state index in [0.29, 0.717) is 41.7 Å². The van der Waals surface area contributed by atoms with Crippen molar-refractivity contribution in [3.8, 4) is 28.7 Å². The third kappa shape index (κ3) is 4.44. The lowest BCUT2D eigenvalue weighted by Crippen LogP contribution is -2.60. The molecule has 0 aliphatic carbocycles. The van der Waals surface area contributed by atoms with Crippen molar-refractivity contribution in [3.05, 3.63) is 77.4 Å². The van der Waals surface area contributed by atoms with Crippen LogP contribution in [0.25, 0.3) is 0 Å². The van der Waals surface area contributed by atoms with Gasteiger partial charge >= 0.3 is 5.97 Å². The molecule has 2 N–H and O–H groups in total. The molecule has 0 radical (unpaired) electrons. The lowest BCUT2D eigenvalue weighted by Gasteiger charge is -2.44. The number of aliphatic carboxylic acids is 1. The molecule has 4 rings (SSSR count). The summed E-state index contributed by atoms with van der Waals surface area (Å²) in [4.78, 5) is 12.9. The topological polar surface area (TPSA) is 95.5 Å². The van der Waals surface area contributed by atoms with Crippen LogP contribution in [0.5, 0.6) is 28.7 Å². The number of methoxy groups -OCH3 is 4. The van der Waals surface area contributed by atoms with Crippen LogP contribution in [0.3, 0.4) is 0 Å². The van der Waals surface area contributed by atoms with Gasteiger partial charge in [-0.3, -0.25) is 5.32 Å². The first-order valence-corrected chi connectivity index (χ1v) is 11.1. The zero-order valence-corrected chi connectivity index (χ0v) is 20.2. The zero-order chi connectivity index (χ0) is 25.0. The van der Waals surface area contributed by atoms with Crippen LogP contribution in [0.15, 0.2) is 60.7 Å². The molecule has 2 atom stereocenters. The number of rotatable bonds is 9. The fourth-order valence-corrected chi connectivity index (χ4v) is 4.64. The van der Waals surface area contributed by atoms with Crippen LogP contribution in [0.2, 0.25) is 0 Å². The minimum absolute atomic E-state index is 0.304. The number of nitrogens with one attached hydrogen (secondary N) is 1. The lowest BCUT2D eigenvalue weighted by molar-refractivity contribution is -0.149. The fraction of sp³-hybridized carbons (Fsp3) is 0.296. The van der Waals surface area contributed by atoms with E-state index in [1.54, 1.807) is 32.4 Å². The molecule has 8 nitrogen and oxygen atoms in total. The molecule has 1 aliphatic heterocycles. The van der Waals surface area contributed by atoms with Crippen LogP contribution in [-0.2, 0) is 16.8 Å². The molecule has 184 valence electrons. The first kappa shape index (κ1) is 24.2. The third-order valence-electron chi connectivity index (χ3n) is 6.26. The Morgan fingerprint density at radius 3 is 2.03 bits per heavy atom. The molecule has 0 bridgehead atoms. The highest BCUT2D eigenvalue weighted by Crippen LogP contribution is 2.44. The molecule has 1 aliphatic rings. The average molecular weight is 480 g/mol. The summed E-state index contributed by atoms with van der Waals surface area (Å²) in [5, 5.41) is 14.0. The Labute approximate surface area is 204 Å². The normalized spacial score (nSPS) is 17.6. The SMILES string of the molecule is COc1cc(OC)cc(OC(C(=O)O)C2(c3ccccc3)NCCc3cc(OC)c(OC)cc32)c1. The molecular weight excluding hydrogens is 450 g/mol. The number of benzene rings is 3. The van der Waals surface area contributed by atoms with E-state index in [1.807, 2.05) is 42.5 Å². The first-order chi connectivity index (χ1) is 17.0. The van der Waals surface area contributed by atoms with Gasteiger partial charge in [0.15, 0.2) is 11.5 Å². The molecule has 3 aromatic rings. The maximum Gasteiger partial charge on any atom is 0.347 e. The molecule has 35 heavy (non-hydrogen) atoms. The van der Waals surface area contributed by atoms with Gasteiger partial charge in [0.25, 0.3) is 0 Å². The first-order valence-electron chi connectivity index (χ1n) is 11.1. The van der Waals surface area contributed by atoms with Gasteiger partial charge in [0.05, 0.1) is 28.4 Å². The van der Waals surface area contributed by atoms with Crippen LogP contribution in [0.1, 0.15) is 16.7 Å². The highest BCUT2D eigenvalue weighted by atomic mass is 16.5. The highest BCUT2D eigenvalue weighted by Gasteiger charge is 2.51. The molecule has 8 heteroatoms. The summed E-state index contributed by atoms with van der Waals surface area (Å²) in [5.74, 6) is 1.23. The number of carbonyl (C=O) groups is 1. The number of hydrogen-bond donors (Lipinski definition) is 2. The summed E-state index contributed by atoms with van der Waals surface area (Å²) in [5.41, 5.74) is 1.21. The monoisotopic (exact) mass is 479 g/mol. The summed E-state index contributed by atoms with van der Waals surface area (Å²) in [6, 6.07) is 18.1. The molecule has 0 saturated heterocycles. The predicted octanol–water partition coefficient (Wildman–Crippen LogP) is 3.64. The Hall–Kier alpha value is -3.91. The molecule has 0 spiro atoms. The minimum Gasteiger partial charge on any atom is -0.496 e. The molecule has 0 fully saturated rings. The molecule has 2 unspecified atom stereocenters. The Morgan fingerprint density at radius 2 is 1.46 bits per heavy atom. The van der Waals surface area contributed by atoms with Crippen molar-refractivity contribution < 1.29 is 33.6 Å². The molecule has 1 heterocycles. The maximum absolute atomic E-state index is 12.9. The number of carboxylic acids is 1. The zero-order valence-electron chi connectivity index (χ0n) is 20.2. The van der Waals surface area contributed by atoms with Gasteiger partial charge in [-0.2, -0.15) is 0 Å². The summed E-state index contributed by atoms with van der Waals surface area (Å²) in [6.45, 7) is 0.534. The second kappa shape index (κ2) is 10.1. The van der Waals surface area contributed by atoms with E-state index in [-0.39, 0.29) is 0 Å². The molecule has 0 aromatic heterocycles. The third-order valence-corrected chi connectivity index (χ3v) is 6.26. The van der Waals surface area contributed by atoms with Crippen molar-refractivity contribution >= 4 is 5.97 Å². The Morgan fingerprint density at radius 1 is 0.857 bits per heavy atom. The largest absolute Gasteiger partial charge is 0.496 e. The van der Waals surface area contributed by atoms with E-state index in [4.69, 9.17) is 23.7 Å². The van der Waals surface area contributed by atoms with Gasteiger partial charge in [-0.05, 0) is 35.2 Å². The van der Waals surface area contributed by atoms with Crippen LogP contribution in [0.4, 0.5) is 0 Å². The van der Waals surface area contributed by atoms with Crippen LogP contribution < -0.4 is 29.0 Å². The van der Waals surface area contributed by atoms with Gasteiger partial charge in [0, 0.05) is 24.7 Å². The quantitative estimate of drug-likeness (QED) is 0.480. The van der Waals surface area contributed by atoms with E-state index in [9.17, 15) is 9.90 Å². The van der Waals surface area contributed by atoms with Gasteiger partial charge in [-0.25, -0.2) is 4.79 Å². The van der Waals surface area contributed by atoms with Crippen molar-refractivity contribution in [1.82, 2.24) is 5.32 Å². The van der Waals surface area contributed by atoms with Crippen molar-refractivity contribution in [1.29, 1.82) is 0 Å². The lowest BCUT2D eigenvalue weighted by atomic mass is 9.73. The van der Waals surface area contributed by atoms with Gasteiger partial charge in [-0.15, -0.1) is 0 Å². The molecule has 0 saturated carbocycles. The van der Waals surface area contributed by atoms with Crippen molar-refractivity contribution in [2.45, 2.75) is 18.1 Å². The van der Waals surface area contributed by atoms with E-state index in [0.717, 1.165) is 16.7 Å². The van der Waals surface area contributed by atoms with E-state index >= 15 is 0 Å². The van der Waals surface area contributed by atoms with Crippen LogP contribution in [-0.4, -0.2) is 52.2 Å². The fourth-order valence-electron chi connectivity index (χ4n) is 4.64. The van der Waals surface area contributed by atoms with Crippen LogP contribution >= 0.6 is 0 Å². The van der Waals surface area contributed by atoms with Crippen molar-refractivity contribution in [2.24, 2.45) is 0 Å². The predicted molar refractivity (Wildman–Crippen MR) is 130 cm³/mol. The second-order valence-electron chi connectivity index (χ2n) is 8.10. The number of ether oxygens (including phenoxy) is 5. The van der Waals surface area contributed by atoms with Crippen LogP contribution in [0, 0.1) is 0 Å². The number of fused-ring (bicyclic) bond motifs is 1. The highest BCUT2D eigenvalue weighted by molar-refractivity contribution is 5.78. The molecular formula is C27H29NO7. The maximum atomic E-state index is 12.9. The second-order valence-corrected chi connectivity index (χ2v) is 8.10. The average Bonchev–Trinajstić information content (AvgIpc) is 2.90. The summed E-state index contributed by atoms with van der Waals surface area (Å²) >= 11 is 0. The van der Waals surface area contributed by atoms with Gasteiger partial charge in [0.2, 0.25) is 6.10 Å².